The Labute approximate surface area is 154 Å². The summed E-state index contributed by atoms with van der Waals surface area (Å²) >= 11 is 0. The van der Waals surface area contributed by atoms with Gasteiger partial charge in [0.15, 0.2) is 0 Å². The second-order valence-electron chi connectivity index (χ2n) is 6.82. The largest absolute Gasteiger partial charge is 0.497 e. The molecule has 1 heterocycles. The highest BCUT2D eigenvalue weighted by atomic mass is 19.1. The zero-order valence-corrected chi connectivity index (χ0v) is 15.3. The number of hydrogen-bond acceptors (Lipinski definition) is 3. The summed E-state index contributed by atoms with van der Waals surface area (Å²) in [4.78, 5) is 16.7. The van der Waals surface area contributed by atoms with Gasteiger partial charge in [-0.1, -0.05) is 24.3 Å². The normalized spacial score (nSPS) is 16.9. The van der Waals surface area contributed by atoms with Gasteiger partial charge < -0.3 is 9.64 Å². The van der Waals surface area contributed by atoms with Gasteiger partial charge in [0.25, 0.3) is 0 Å². The molecule has 0 radical (unpaired) electrons. The van der Waals surface area contributed by atoms with Crippen molar-refractivity contribution in [2.45, 2.75) is 25.4 Å². The summed E-state index contributed by atoms with van der Waals surface area (Å²) in [6.07, 6.45) is 1.99. The fourth-order valence-electron chi connectivity index (χ4n) is 3.56. The molecule has 2 aromatic rings. The number of methoxy groups -OCH3 is 1. The van der Waals surface area contributed by atoms with Crippen LogP contribution in [0.1, 0.15) is 30.0 Å². The predicted octanol–water partition coefficient (Wildman–Crippen LogP) is 3.63. The number of benzene rings is 2. The summed E-state index contributed by atoms with van der Waals surface area (Å²) in [6, 6.07) is 14.6. The van der Waals surface area contributed by atoms with Crippen LogP contribution < -0.4 is 4.74 Å². The van der Waals surface area contributed by atoms with Gasteiger partial charge in [0.2, 0.25) is 5.91 Å². The Morgan fingerprint density at radius 2 is 2.04 bits per heavy atom. The van der Waals surface area contributed by atoms with Crippen molar-refractivity contribution in [1.82, 2.24) is 9.80 Å². The van der Waals surface area contributed by atoms with E-state index in [1.165, 1.54) is 12.1 Å². The zero-order valence-electron chi connectivity index (χ0n) is 15.3. The predicted molar refractivity (Wildman–Crippen MR) is 99.4 cm³/mol. The first-order valence-corrected chi connectivity index (χ1v) is 8.93. The highest BCUT2D eigenvalue weighted by molar-refractivity contribution is 5.79. The molecule has 0 spiro atoms. The van der Waals surface area contributed by atoms with Gasteiger partial charge >= 0.3 is 0 Å². The number of halogens is 1. The van der Waals surface area contributed by atoms with Crippen LogP contribution in [0.5, 0.6) is 5.75 Å². The van der Waals surface area contributed by atoms with Crippen molar-refractivity contribution in [3.8, 4) is 5.75 Å². The van der Waals surface area contributed by atoms with Crippen molar-refractivity contribution in [1.29, 1.82) is 0 Å². The number of likely N-dealkylation sites (N-methyl/N-ethyl adjacent to an activating group) is 1. The molecule has 1 amide bonds. The Hall–Kier alpha value is -2.40. The van der Waals surface area contributed by atoms with Crippen molar-refractivity contribution in [2.24, 2.45) is 0 Å². The molecule has 1 aliphatic heterocycles. The van der Waals surface area contributed by atoms with Gasteiger partial charge in [0.05, 0.1) is 19.7 Å². The lowest BCUT2D eigenvalue weighted by molar-refractivity contribution is -0.133. The Morgan fingerprint density at radius 3 is 2.73 bits per heavy atom. The number of hydrogen-bond donors (Lipinski definition) is 0. The van der Waals surface area contributed by atoms with Gasteiger partial charge in [-0.15, -0.1) is 0 Å². The van der Waals surface area contributed by atoms with E-state index >= 15 is 0 Å². The monoisotopic (exact) mass is 356 g/mol. The van der Waals surface area contributed by atoms with Crippen molar-refractivity contribution >= 4 is 5.91 Å². The van der Waals surface area contributed by atoms with Gasteiger partial charge in [-0.3, -0.25) is 9.69 Å². The number of amides is 1. The quantitative estimate of drug-likeness (QED) is 0.792. The van der Waals surface area contributed by atoms with Crippen LogP contribution in [0.2, 0.25) is 0 Å². The molecule has 0 aromatic heterocycles. The lowest BCUT2D eigenvalue weighted by Gasteiger charge is -2.27. The van der Waals surface area contributed by atoms with Crippen LogP contribution in [-0.4, -0.2) is 43.0 Å². The Kier molecular flexibility index (Phi) is 5.89. The summed E-state index contributed by atoms with van der Waals surface area (Å²) in [5.74, 6) is 0.683. The van der Waals surface area contributed by atoms with Crippen LogP contribution in [0.4, 0.5) is 4.39 Å². The fraction of sp³-hybridized carbons (Fsp3) is 0.381. The summed E-state index contributed by atoms with van der Waals surface area (Å²) in [5.41, 5.74) is 2.01. The van der Waals surface area contributed by atoms with E-state index in [0.717, 1.165) is 36.3 Å². The average Bonchev–Trinajstić information content (AvgIpc) is 3.11. The van der Waals surface area contributed by atoms with Gasteiger partial charge in [-0.05, 0) is 55.3 Å². The van der Waals surface area contributed by atoms with E-state index in [2.05, 4.69) is 0 Å². The standard InChI is InChI=1S/C21H25FN2O2/c1-23(14-16-5-3-6-18(22)13-16)15-21(25)24-12-4-7-20(24)17-8-10-19(26-2)11-9-17/h3,5-6,8-11,13,20H,4,7,12,14-15H2,1-2H3. The van der Waals surface area contributed by atoms with Crippen LogP contribution in [0, 0.1) is 5.82 Å². The molecule has 3 rings (SSSR count). The molecule has 1 aliphatic rings. The lowest BCUT2D eigenvalue weighted by Crippen LogP contribution is -2.38. The molecular weight excluding hydrogens is 331 g/mol. The van der Waals surface area contributed by atoms with E-state index in [1.54, 1.807) is 13.2 Å². The number of rotatable bonds is 6. The minimum atomic E-state index is -0.249. The maximum absolute atomic E-state index is 13.3. The Morgan fingerprint density at radius 1 is 1.27 bits per heavy atom. The second kappa shape index (κ2) is 8.32. The molecular formula is C21H25FN2O2. The summed E-state index contributed by atoms with van der Waals surface area (Å²) in [5, 5.41) is 0. The van der Waals surface area contributed by atoms with Gasteiger partial charge in [0, 0.05) is 13.1 Å². The minimum Gasteiger partial charge on any atom is -0.497 e. The van der Waals surface area contributed by atoms with Crippen LogP contribution in [0.3, 0.4) is 0 Å². The minimum absolute atomic E-state index is 0.113. The average molecular weight is 356 g/mol. The third-order valence-corrected chi connectivity index (χ3v) is 4.82. The maximum atomic E-state index is 13.3. The van der Waals surface area contributed by atoms with E-state index in [-0.39, 0.29) is 17.8 Å². The third kappa shape index (κ3) is 4.41. The highest BCUT2D eigenvalue weighted by Gasteiger charge is 2.30. The van der Waals surface area contributed by atoms with E-state index in [9.17, 15) is 9.18 Å². The van der Waals surface area contributed by atoms with Crippen molar-refractivity contribution in [3.63, 3.8) is 0 Å². The summed E-state index contributed by atoms with van der Waals surface area (Å²) in [6.45, 7) is 1.65. The van der Waals surface area contributed by atoms with Crippen molar-refractivity contribution < 1.29 is 13.9 Å². The molecule has 0 bridgehead atoms. The van der Waals surface area contributed by atoms with E-state index < -0.39 is 0 Å². The van der Waals surface area contributed by atoms with Gasteiger partial charge in [0.1, 0.15) is 11.6 Å². The van der Waals surface area contributed by atoms with E-state index in [4.69, 9.17) is 4.74 Å². The number of nitrogens with zero attached hydrogens (tertiary/aromatic N) is 2. The molecule has 0 saturated carbocycles. The highest BCUT2D eigenvalue weighted by Crippen LogP contribution is 2.32. The van der Waals surface area contributed by atoms with Gasteiger partial charge in [-0.25, -0.2) is 4.39 Å². The topological polar surface area (TPSA) is 32.8 Å². The number of carbonyl (C=O) groups is 1. The Bertz CT molecular complexity index is 748. The summed E-state index contributed by atoms with van der Waals surface area (Å²) in [7, 11) is 3.54. The Balaban J connectivity index is 1.62. The van der Waals surface area contributed by atoms with Crippen LogP contribution in [-0.2, 0) is 11.3 Å². The number of likely N-dealkylation sites (tertiary alicyclic amines) is 1. The SMILES string of the molecule is COc1ccc(C2CCCN2C(=O)CN(C)Cc2cccc(F)c2)cc1. The van der Waals surface area contributed by atoms with E-state index in [1.807, 2.05) is 47.2 Å². The smallest absolute Gasteiger partial charge is 0.237 e. The van der Waals surface area contributed by atoms with Crippen LogP contribution >= 0.6 is 0 Å². The molecule has 1 unspecified atom stereocenters. The molecule has 4 nitrogen and oxygen atoms in total. The molecule has 5 heteroatoms. The van der Waals surface area contributed by atoms with E-state index in [0.29, 0.717) is 13.1 Å². The molecule has 1 atom stereocenters. The molecule has 0 N–H and O–H groups in total. The third-order valence-electron chi connectivity index (χ3n) is 4.82. The molecule has 2 aromatic carbocycles. The second-order valence-corrected chi connectivity index (χ2v) is 6.82. The molecule has 26 heavy (non-hydrogen) atoms. The first-order valence-electron chi connectivity index (χ1n) is 8.93. The van der Waals surface area contributed by atoms with Crippen LogP contribution in [0.25, 0.3) is 0 Å². The lowest BCUT2D eigenvalue weighted by atomic mass is 10.0. The molecule has 0 aliphatic carbocycles. The van der Waals surface area contributed by atoms with Crippen molar-refractivity contribution in [2.75, 3.05) is 27.2 Å². The van der Waals surface area contributed by atoms with Crippen molar-refractivity contribution in [3.05, 3.63) is 65.5 Å². The molecule has 138 valence electrons. The molecule has 1 saturated heterocycles. The first-order chi connectivity index (χ1) is 12.6. The first kappa shape index (κ1) is 18.4. The summed E-state index contributed by atoms with van der Waals surface area (Å²) < 4.78 is 18.5. The molecule has 1 fully saturated rings. The fourth-order valence-corrected chi connectivity index (χ4v) is 3.56. The van der Waals surface area contributed by atoms with Gasteiger partial charge in [-0.2, -0.15) is 0 Å². The number of carbonyl (C=O) groups excluding carboxylic acids is 1. The van der Waals surface area contributed by atoms with Crippen LogP contribution in [0.15, 0.2) is 48.5 Å². The number of ether oxygens (including phenoxy) is 1. The zero-order chi connectivity index (χ0) is 18.5. The maximum Gasteiger partial charge on any atom is 0.237 e.